The lowest BCUT2D eigenvalue weighted by Gasteiger charge is -2.22. The summed E-state index contributed by atoms with van der Waals surface area (Å²) < 4.78 is 5.29. The van der Waals surface area contributed by atoms with Crippen LogP contribution in [0.25, 0.3) is 0 Å². The Bertz CT molecular complexity index is 792. The van der Waals surface area contributed by atoms with Crippen LogP contribution in [0.2, 0.25) is 0 Å². The van der Waals surface area contributed by atoms with Gasteiger partial charge in [-0.1, -0.05) is 48.5 Å². The van der Waals surface area contributed by atoms with Crippen molar-refractivity contribution in [2.75, 3.05) is 13.1 Å². The van der Waals surface area contributed by atoms with Crippen LogP contribution in [0.1, 0.15) is 28.8 Å². The largest absolute Gasteiger partial charge is 0.460 e. The minimum absolute atomic E-state index is 0.0322. The average Bonchev–Trinajstić information content (AvgIpc) is 3.16. The molecule has 27 heavy (non-hydrogen) atoms. The zero-order valence-corrected chi connectivity index (χ0v) is 15.0. The van der Waals surface area contributed by atoms with Crippen LogP contribution in [-0.2, 0) is 20.9 Å². The van der Waals surface area contributed by atoms with Gasteiger partial charge >= 0.3 is 5.97 Å². The summed E-state index contributed by atoms with van der Waals surface area (Å²) >= 11 is 0. The summed E-state index contributed by atoms with van der Waals surface area (Å²) in [5, 5.41) is 2.43. The molecule has 3 rings (SSSR count). The number of ether oxygens (including phenoxy) is 1. The van der Waals surface area contributed by atoms with Crippen LogP contribution in [0.15, 0.2) is 60.7 Å². The number of imide groups is 1. The van der Waals surface area contributed by atoms with E-state index in [1.54, 1.807) is 35.2 Å². The van der Waals surface area contributed by atoms with E-state index in [0.717, 1.165) is 12.0 Å². The lowest BCUT2D eigenvalue weighted by Crippen LogP contribution is -2.47. The van der Waals surface area contributed by atoms with Crippen molar-refractivity contribution < 1.29 is 19.1 Å². The molecule has 1 saturated heterocycles. The van der Waals surface area contributed by atoms with Crippen molar-refractivity contribution in [3.8, 4) is 0 Å². The highest BCUT2D eigenvalue weighted by atomic mass is 16.5. The zero-order chi connectivity index (χ0) is 19.1. The maximum atomic E-state index is 12.5. The van der Waals surface area contributed by atoms with Crippen LogP contribution in [-0.4, -0.2) is 41.8 Å². The summed E-state index contributed by atoms with van der Waals surface area (Å²) in [4.78, 5) is 38.5. The topological polar surface area (TPSA) is 75.7 Å². The molecule has 0 bridgehead atoms. The third-order valence-electron chi connectivity index (χ3n) is 4.51. The number of hydrogen-bond donors (Lipinski definition) is 1. The van der Waals surface area contributed by atoms with E-state index < -0.39 is 11.9 Å². The average molecular weight is 366 g/mol. The van der Waals surface area contributed by atoms with Gasteiger partial charge in [0.25, 0.3) is 5.91 Å². The highest BCUT2D eigenvalue weighted by molar-refractivity contribution is 6.06. The third-order valence-corrected chi connectivity index (χ3v) is 4.51. The molecule has 1 aliphatic rings. The van der Waals surface area contributed by atoms with Crippen molar-refractivity contribution in [2.24, 2.45) is 0 Å². The second-order valence-corrected chi connectivity index (χ2v) is 6.46. The summed E-state index contributed by atoms with van der Waals surface area (Å²) in [7, 11) is 0. The van der Waals surface area contributed by atoms with Crippen molar-refractivity contribution in [3.63, 3.8) is 0 Å². The molecular weight excluding hydrogens is 344 g/mol. The molecular formula is C21H22N2O4. The van der Waals surface area contributed by atoms with E-state index in [4.69, 9.17) is 4.74 Å². The van der Waals surface area contributed by atoms with Gasteiger partial charge in [-0.2, -0.15) is 0 Å². The first-order valence-corrected chi connectivity index (χ1v) is 8.97. The molecule has 1 heterocycles. The van der Waals surface area contributed by atoms with Gasteiger partial charge in [-0.15, -0.1) is 0 Å². The van der Waals surface area contributed by atoms with E-state index in [-0.39, 0.29) is 25.0 Å². The van der Waals surface area contributed by atoms with Gasteiger partial charge in [0.05, 0.1) is 12.6 Å². The molecule has 2 amide bonds. The van der Waals surface area contributed by atoms with Crippen LogP contribution in [0, 0.1) is 0 Å². The predicted molar refractivity (Wildman–Crippen MR) is 99.7 cm³/mol. The van der Waals surface area contributed by atoms with Crippen LogP contribution in [0.3, 0.4) is 0 Å². The van der Waals surface area contributed by atoms with Gasteiger partial charge in [-0.05, 0) is 37.1 Å². The normalized spacial score (nSPS) is 16.7. The lowest BCUT2D eigenvalue weighted by molar-refractivity contribution is -0.146. The first-order valence-electron chi connectivity index (χ1n) is 8.97. The minimum atomic E-state index is -0.498. The Morgan fingerprint density at radius 2 is 1.67 bits per heavy atom. The summed E-state index contributed by atoms with van der Waals surface area (Å²) in [6.07, 6.45) is 1.41. The van der Waals surface area contributed by atoms with Crippen molar-refractivity contribution in [2.45, 2.75) is 25.5 Å². The number of benzene rings is 2. The summed E-state index contributed by atoms with van der Waals surface area (Å²) in [5.41, 5.74) is 1.34. The number of carbonyl (C=O) groups is 3. The highest BCUT2D eigenvalue weighted by Crippen LogP contribution is 2.17. The number of carbonyl (C=O) groups excluding carboxylic acids is 3. The Labute approximate surface area is 158 Å². The Balaban J connectivity index is 1.51. The quantitative estimate of drug-likeness (QED) is 0.626. The van der Waals surface area contributed by atoms with Crippen molar-refractivity contribution in [1.29, 1.82) is 0 Å². The first kappa shape index (κ1) is 18.8. The SMILES string of the molecule is O=C(CN1CCC[C@H]1C(=O)NC(=O)c1ccccc1)OCc1ccccc1. The van der Waals surface area contributed by atoms with Crippen LogP contribution < -0.4 is 5.32 Å². The molecule has 0 radical (unpaired) electrons. The minimum Gasteiger partial charge on any atom is -0.460 e. The van der Waals surface area contributed by atoms with Gasteiger partial charge in [0.15, 0.2) is 0 Å². The van der Waals surface area contributed by atoms with Gasteiger partial charge in [0, 0.05) is 5.56 Å². The van der Waals surface area contributed by atoms with Gasteiger partial charge in [-0.3, -0.25) is 24.6 Å². The van der Waals surface area contributed by atoms with Gasteiger partial charge in [-0.25, -0.2) is 0 Å². The fourth-order valence-corrected chi connectivity index (χ4v) is 3.12. The molecule has 1 aliphatic heterocycles. The summed E-state index contributed by atoms with van der Waals surface area (Å²) in [6, 6.07) is 17.5. The third kappa shape index (κ3) is 5.24. The molecule has 6 nitrogen and oxygen atoms in total. The Morgan fingerprint density at radius 1 is 1.00 bits per heavy atom. The molecule has 140 valence electrons. The molecule has 2 aromatic rings. The standard InChI is InChI=1S/C21H22N2O4/c24-19(27-15-16-8-3-1-4-9-16)14-23-13-7-12-18(23)21(26)22-20(25)17-10-5-2-6-11-17/h1-6,8-11,18H,7,12-15H2,(H,22,25,26)/t18-/m0/s1. The summed E-state index contributed by atoms with van der Waals surface area (Å²) in [5.74, 6) is -1.19. The monoisotopic (exact) mass is 366 g/mol. The van der Waals surface area contributed by atoms with E-state index in [9.17, 15) is 14.4 Å². The van der Waals surface area contributed by atoms with E-state index >= 15 is 0 Å². The zero-order valence-electron chi connectivity index (χ0n) is 15.0. The molecule has 6 heteroatoms. The maximum absolute atomic E-state index is 12.5. The van der Waals surface area contributed by atoms with Gasteiger partial charge in [0.1, 0.15) is 6.61 Å². The number of esters is 1. The molecule has 1 atom stereocenters. The Hall–Kier alpha value is -2.99. The number of hydrogen-bond acceptors (Lipinski definition) is 5. The first-order chi connectivity index (χ1) is 13.1. The molecule has 0 spiro atoms. The molecule has 0 aliphatic carbocycles. The Kier molecular flexibility index (Phi) is 6.33. The second kappa shape index (κ2) is 9.09. The van der Waals surface area contributed by atoms with Crippen molar-refractivity contribution >= 4 is 17.8 Å². The fourth-order valence-electron chi connectivity index (χ4n) is 3.12. The van der Waals surface area contributed by atoms with E-state index in [2.05, 4.69) is 5.32 Å². The molecule has 2 aromatic carbocycles. The van der Waals surface area contributed by atoms with Crippen LogP contribution >= 0.6 is 0 Å². The molecule has 0 unspecified atom stereocenters. The molecule has 1 fully saturated rings. The summed E-state index contributed by atoms with van der Waals surface area (Å²) in [6.45, 7) is 0.860. The van der Waals surface area contributed by atoms with Crippen LogP contribution in [0.4, 0.5) is 0 Å². The van der Waals surface area contributed by atoms with E-state index in [1.807, 2.05) is 30.3 Å². The second-order valence-electron chi connectivity index (χ2n) is 6.46. The molecule has 0 saturated carbocycles. The number of nitrogens with one attached hydrogen (secondary N) is 1. The van der Waals surface area contributed by atoms with E-state index in [1.165, 1.54) is 0 Å². The smallest absolute Gasteiger partial charge is 0.320 e. The van der Waals surface area contributed by atoms with Gasteiger partial charge in [0.2, 0.25) is 5.91 Å². The maximum Gasteiger partial charge on any atom is 0.320 e. The number of rotatable bonds is 6. The number of amides is 2. The highest BCUT2D eigenvalue weighted by Gasteiger charge is 2.33. The number of likely N-dealkylation sites (tertiary alicyclic amines) is 1. The van der Waals surface area contributed by atoms with Crippen molar-refractivity contribution in [1.82, 2.24) is 10.2 Å². The predicted octanol–water partition coefficient (Wildman–Crippen LogP) is 2.15. The fraction of sp³-hybridized carbons (Fsp3) is 0.286. The molecule has 1 N–H and O–H groups in total. The van der Waals surface area contributed by atoms with Crippen molar-refractivity contribution in [3.05, 3.63) is 71.8 Å². The van der Waals surface area contributed by atoms with E-state index in [0.29, 0.717) is 18.5 Å². The lowest BCUT2D eigenvalue weighted by atomic mass is 10.1. The number of nitrogens with zero attached hydrogens (tertiary/aromatic N) is 1. The Morgan fingerprint density at radius 3 is 2.37 bits per heavy atom. The van der Waals surface area contributed by atoms with Crippen LogP contribution in [0.5, 0.6) is 0 Å². The van der Waals surface area contributed by atoms with Gasteiger partial charge < -0.3 is 4.74 Å². The molecule has 0 aromatic heterocycles.